The number of methoxy groups -OCH3 is 1. The predicted molar refractivity (Wildman–Crippen MR) is 150 cm³/mol. The summed E-state index contributed by atoms with van der Waals surface area (Å²) >= 11 is 6.45. The van der Waals surface area contributed by atoms with E-state index in [0.29, 0.717) is 42.7 Å². The second kappa shape index (κ2) is 12.7. The van der Waals surface area contributed by atoms with Crippen LogP contribution < -0.4 is 10.2 Å². The molecule has 2 aliphatic heterocycles. The lowest BCUT2D eigenvalue weighted by molar-refractivity contribution is -0.148. The number of hydrogen-bond acceptors (Lipinski definition) is 5. The Morgan fingerprint density at radius 1 is 1.10 bits per heavy atom. The Bertz CT molecular complexity index is 1300. The Morgan fingerprint density at radius 3 is 2.61 bits per heavy atom. The van der Waals surface area contributed by atoms with Crippen LogP contribution >= 0.6 is 11.6 Å². The maximum Gasteiger partial charge on any atom is 0.326 e. The molecule has 1 aliphatic carbocycles. The van der Waals surface area contributed by atoms with Crippen LogP contribution in [0.25, 0.3) is 0 Å². The van der Waals surface area contributed by atoms with Crippen molar-refractivity contribution >= 4 is 40.9 Å². The van der Waals surface area contributed by atoms with Crippen LogP contribution in [-0.4, -0.2) is 67.9 Å². The number of halogens is 3. The van der Waals surface area contributed by atoms with Crippen molar-refractivity contribution in [2.24, 2.45) is 5.92 Å². The SMILES string of the molecule is COC(=O)[C@H]1CC[C@H](OC[C@@H]2C[C@H](F)CN2C(=O)Cc2ccc(NC(=O)N3CCc4ccc(F)cc43)c(Cl)c2)CC1. The van der Waals surface area contributed by atoms with Crippen LogP contribution in [0.1, 0.15) is 43.2 Å². The third-order valence-electron chi connectivity index (χ3n) is 8.24. The second-order valence-corrected chi connectivity index (χ2v) is 11.4. The van der Waals surface area contributed by atoms with Gasteiger partial charge in [-0.1, -0.05) is 23.7 Å². The third-order valence-corrected chi connectivity index (χ3v) is 8.55. The van der Waals surface area contributed by atoms with Gasteiger partial charge in [0.25, 0.3) is 0 Å². The summed E-state index contributed by atoms with van der Waals surface area (Å²) in [6.07, 6.45) is 2.57. The average Bonchev–Trinajstić information content (AvgIpc) is 3.56. The van der Waals surface area contributed by atoms with Gasteiger partial charge >= 0.3 is 12.0 Å². The molecule has 1 saturated heterocycles. The molecular weight excluding hydrogens is 556 g/mol. The Balaban J connectivity index is 1.14. The largest absolute Gasteiger partial charge is 0.469 e. The van der Waals surface area contributed by atoms with Crippen LogP contribution in [0.15, 0.2) is 36.4 Å². The van der Waals surface area contributed by atoms with Gasteiger partial charge in [0.15, 0.2) is 0 Å². The molecule has 11 heteroatoms. The first-order chi connectivity index (χ1) is 19.7. The second-order valence-electron chi connectivity index (χ2n) is 11.0. The molecule has 2 heterocycles. The lowest BCUT2D eigenvalue weighted by Crippen LogP contribution is -2.40. The summed E-state index contributed by atoms with van der Waals surface area (Å²) in [6, 6.07) is 8.54. The normalized spacial score (nSPS) is 23.8. The number of benzene rings is 2. The molecule has 3 amide bonds. The summed E-state index contributed by atoms with van der Waals surface area (Å²) in [5, 5.41) is 3.03. The fraction of sp³-hybridized carbons (Fsp3) is 0.500. The van der Waals surface area contributed by atoms with Gasteiger partial charge in [0.1, 0.15) is 12.0 Å². The number of esters is 1. The van der Waals surface area contributed by atoms with Crippen molar-refractivity contribution in [3.8, 4) is 0 Å². The number of anilines is 2. The van der Waals surface area contributed by atoms with E-state index in [1.807, 2.05) is 0 Å². The number of fused-ring (bicyclic) bond motifs is 1. The molecule has 0 aromatic heterocycles. The van der Waals surface area contributed by atoms with E-state index >= 15 is 0 Å². The van der Waals surface area contributed by atoms with E-state index in [1.54, 1.807) is 24.3 Å². The molecule has 1 N–H and O–H groups in total. The van der Waals surface area contributed by atoms with Crippen LogP contribution in [0, 0.1) is 11.7 Å². The molecule has 5 rings (SSSR count). The summed E-state index contributed by atoms with van der Waals surface area (Å²) < 4.78 is 39.0. The molecule has 2 aromatic rings. The van der Waals surface area contributed by atoms with Gasteiger partial charge < -0.3 is 19.7 Å². The van der Waals surface area contributed by atoms with E-state index in [2.05, 4.69) is 5.32 Å². The highest BCUT2D eigenvalue weighted by Gasteiger charge is 2.36. The zero-order valence-electron chi connectivity index (χ0n) is 22.9. The van der Waals surface area contributed by atoms with Crippen molar-refractivity contribution in [3.63, 3.8) is 0 Å². The summed E-state index contributed by atoms with van der Waals surface area (Å²) in [7, 11) is 1.39. The van der Waals surface area contributed by atoms with Crippen molar-refractivity contribution in [2.75, 3.05) is 37.0 Å². The van der Waals surface area contributed by atoms with Gasteiger partial charge in [-0.25, -0.2) is 13.6 Å². The van der Waals surface area contributed by atoms with Crippen molar-refractivity contribution in [3.05, 3.63) is 58.4 Å². The Morgan fingerprint density at radius 2 is 1.88 bits per heavy atom. The third kappa shape index (κ3) is 6.81. The number of alkyl halides is 1. The molecule has 1 saturated carbocycles. The minimum Gasteiger partial charge on any atom is -0.469 e. The Kier molecular flexibility index (Phi) is 9.09. The van der Waals surface area contributed by atoms with Crippen LogP contribution in [0.3, 0.4) is 0 Å². The highest BCUT2D eigenvalue weighted by molar-refractivity contribution is 6.34. The number of rotatable bonds is 7. The van der Waals surface area contributed by atoms with Crippen molar-refractivity contribution in [1.82, 2.24) is 4.90 Å². The topological polar surface area (TPSA) is 88.2 Å². The van der Waals surface area contributed by atoms with Gasteiger partial charge in [-0.3, -0.25) is 14.5 Å². The van der Waals surface area contributed by atoms with Crippen molar-refractivity contribution < 1.29 is 32.6 Å². The van der Waals surface area contributed by atoms with Gasteiger partial charge in [-0.2, -0.15) is 0 Å². The van der Waals surface area contributed by atoms with Gasteiger partial charge in [0.2, 0.25) is 5.91 Å². The summed E-state index contributed by atoms with van der Waals surface area (Å²) in [5.41, 5.74) is 2.43. The van der Waals surface area contributed by atoms with Crippen LogP contribution in [0.5, 0.6) is 0 Å². The van der Waals surface area contributed by atoms with Crippen LogP contribution in [-0.2, 0) is 31.9 Å². The molecule has 0 spiro atoms. The minimum atomic E-state index is -1.12. The minimum absolute atomic E-state index is 0.0156. The Labute approximate surface area is 242 Å². The molecule has 0 unspecified atom stereocenters. The first kappa shape index (κ1) is 29.3. The van der Waals surface area contributed by atoms with E-state index < -0.39 is 18.0 Å². The molecule has 2 fully saturated rings. The van der Waals surface area contributed by atoms with Crippen LogP contribution in [0.4, 0.5) is 25.0 Å². The summed E-state index contributed by atoms with van der Waals surface area (Å²) in [6.45, 7) is 0.691. The molecule has 220 valence electrons. The molecule has 2 aromatic carbocycles. The maximum absolute atomic E-state index is 14.4. The molecule has 0 bridgehead atoms. The summed E-state index contributed by atoms with van der Waals surface area (Å²) in [5.74, 6) is -0.936. The quantitative estimate of drug-likeness (QED) is 0.443. The van der Waals surface area contributed by atoms with Crippen molar-refractivity contribution in [2.45, 2.75) is 63.3 Å². The van der Waals surface area contributed by atoms with Gasteiger partial charge in [-0.05, 0) is 67.5 Å². The standard InChI is InChI=1S/C30H34ClF2N3O5/c1-40-29(38)20-4-7-24(8-5-20)41-17-23-14-22(33)16-36(23)28(37)13-18-2-9-26(25(31)12-18)34-30(39)35-11-10-19-3-6-21(32)15-27(19)35/h2-3,6,9,12,15,20,22-24H,4-5,7-8,10-11,13-14,16-17H2,1H3,(H,34,39)/t20-,22-,23-,24-/m0/s1. The molecule has 3 aliphatic rings. The first-order valence-electron chi connectivity index (χ1n) is 14.0. The zero-order valence-corrected chi connectivity index (χ0v) is 23.7. The Hall–Kier alpha value is -3.24. The molecular formula is C30H34ClF2N3O5. The molecule has 2 atom stereocenters. The number of carbonyl (C=O) groups excluding carboxylic acids is 3. The van der Waals surface area contributed by atoms with Crippen LogP contribution in [0.2, 0.25) is 5.02 Å². The van der Waals surface area contributed by atoms with E-state index in [0.717, 1.165) is 18.4 Å². The summed E-state index contributed by atoms with van der Waals surface area (Å²) in [4.78, 5) is 40.8. The fourth-order valence-electron chi connectivity index (χ4n) is 5.99. The van der Waals surface area contributed by atoms with Crippen molar-refractivity contribution in [1.29, 1.82) is 0 Å². The van der Waals surface area contributed by atoms with E-state index in [4.69, 9.17) is 21.1 Å². The van der Waals surface area contributed by atoms with Gasteiger partial charge in [-0.15, -0.1) is 0 Å². The smallest absolute Gasteiger partial charge is 0.326 e. The van der Waals surface area contributed by atoms with E-state index in [1.165, 1.54) is 29.0 Å². The molecule has 0 radical (unpaired) electrons. The number of amides is 3. The number of nitrogens with zero attached hydrogens (tertiary/aromatic N) is 2. The number of carbonyl (C=O) groups is 3. The lowest BCUT2D eigenvalue weighted by Gasteiger charge is -2.30. The lowest BCUT2D eigenvalue weighted by atomic mass is 9.87. The number of nitrogens with one attached hydrogen (secondary N) is 1. The van der Waals surface area contributed by atoms with E-state index in [9.17, 15) is 23.2 Å². The predicted octanol–water partition coefficient (Wildman–Crippen LogP) is 5.30. The molecule has 8 nitrogen and oxygen atoms in total. The fourth-order valence-corrected chi connectivity index (χ4v) is 6.24. The first-order valence-corrected chi connectivity index (χ1v) is 14.4. The maximum atomic E-state index is 14.4. The number of ether oxygens (including phenoxy) is 2. The van der Waals surface area contributed by atoms with Gasteiger partial charge in [0, 0.05) is 13.0 Å². The van der Waals surface area contributed by atoms with Gasteiger partial charge in [0.05, 0.1) is 61.1 Å². The molecule has 41 heavy (non-hydrogen) atoms. The van der Waals surface area contributed by atoms with E-state index in [-0.39, 0.29) is 61.0 Å². The number of hydrogen-bond donors (Lipinski definition) is 1. The monoisotopic (exact) mass is 589 g/mol. The average molecular weight is 590 g/mol. The number of likely N-dealkylation sites (tertiary alicyclic amines) is 1. The number of urea groups is 1. The highest BCUT2D eigenvalue weighted by Crippen LogP contribution is 2.32. The zero-order chi connectivity index (χ0) is 29.1. The highest BCUT2D eigenvalue weighted by atomic mass is 35.5.